The van der Waals surface area contributed by atoms with Crippen molar-refractivity contribution in [3.63, 3.8) is 0 Å². The van der Waals surface area contributed by atoms with E-state index in [4.69, 9.17) is 9.47 Å². The lowest BCUT2D eigenvalue weighted by molar-refractivity contribution is -0.270. The van der Waals surface area contributed by atoms with E-state index in [1.165, 1.54) is 6.92 Å². The summed E-state index contributed by atoms with van der Waals surface area (Å²) in [7, 11) is 0. The van der Waals surface area contributed by atoms with Crippen LogP contribution >= 0.6 is 0 Å². The van der Waals surface area contributed by atoms with Crippen molar-refractivity contribution in [2.45, 2.75) is 37.6 Å². The molecule has 2 aliphatic rings. The number of nitrogens with one attached hydrogen (secondary N) is 1. The van der Waals surface area contributed by atoms with Crippen LogP contribution in [0.25, 0.3) is 0 Å². The van der Waals surface area contributed by atoms with Gasteiger partial charge in [0.2, 0.25) is 5.91 Å². The predicted octanol–water partition coefficient (Wildman–Crippen LogP) is -1.76. The average Bonchev–Trinajstić information content (AvgIpc) is 2.92. The molecule has 28 heavy (non-hydrogen) atoms. The summed E-state index contributed by atoms with van der Waals surface area (Å²) in [5, 5.41) is 31.9. The lowest BCUT2D eigenvalue weighted by atomic mass is 9.97. The van der Waals surface area contributed by atoms with Crippen molar-refractivity contribution in [2.24, 2.45) is 0 Å². The third-order valence-corrected chi connectivity index (χ3v) is 4.73. The van der Waals surface area contributed by atoms with Crippen LogP contribution < -0.4 is 5.32 Å². The molecular formula is C18H22N2O8. The molecule has 3 rings (SSSR count). The fraction of sp³-hybridized carbons (Fsp3) is 0.500. The van der Waals surface area contributed by atoms with Crippen molar-refractivity contribution in [3.05, 3.63) is 35.4 Å². The molecule has 2 heterocycles. The number of aliphatic hydroxyl groups is 3. The van der Waals surface area contributed by atoms with Gasteiger partial charge in [0.05, 0.1) is 30.9 Å². The molecule has 10 heteroatoms. The van der Waals surface area contributed by atoms with Crippen LogP contribution in [0, 0.1) is 0 Å². The number of hydrogen-bond donors (Lipinski definition) is 4. The van der Waals surface area contributed by atoms with E-state index in [0.717, 1.165) is 4.90 Å². The lowest BCUT2D eigenvalue weighted by Gasteiger charge is -2.42. The maximum absolute atomic E-state index is 12.3. The number of benzene rings is 1. The second-order valence-corrected chi connectivity index (χ2v) is 6.61. The normalized spacial score (nSPS) is 29.7. The number of aliphatic hydroxyl groups excluding tert-OH is 3. The Labute approximate surface area is 160 Å². The highest BCUT2D eigenvalue weighted by molar-refractivity contribution is 6.21. The molecule has 1 fully saturated rings. The van der Waals surface area contributed by atoms with Crippen LogP contribution in [-0.4, -0.2) is 88.3 Å². The molecule has 0 aromatic heterocycles. The molecule has 0 spiro atoms. The lowest BCUT2D eigenvalue weighted by Crippen LogP contribution is -2.64. The summed E-state index contributed by atoms with van der Waals surface area (Å²) >= 11 is 0. The number of rotatable bonds is 6. The van der Waals surface area contributed by atoms with Crippen molar-refractivity contribution in [3.8, 4) is 0 Å². The van der Waals surface area contributed by atoms with E-state index in [1.807, 2.05) is 0 Å². The monoisotopic (exact) mass is 394 g/mol. The second-order valence-electron chi connectivity index (χ2n) is 6.61. The van der Waals surface area contributed by atoms with Gasteiger partial charge in [0.1, 0.15) is 24.4 Å². The maximum atomic E-state index is 12.3. The molecule has 3 amide bonds. The van der Waals surface area contributed by atoms with Gasteiger partial charge in [0, 0.05) is 6.92 Å². The van der Waals surface area contributed by atoms with E-state index in [-0.39, 0.29) is 13.2 Å². The van der Waals surface area contributed by atoms with Gasteiger partial charge in [-0.3, -0.25) is 19.3 Å². The molecule has 2 aliphatic heterocycles. The standard InChI is InChI=1S/C18H22N2O8/c1-9(22)19-13-15(24)14(23)12(8-21)28-18(13)27-7-6-20-16(25)10-4-2-3-5-11(10)17(20)26/h2-5,12-15,18,21,23-24H,6-8H2,1H3,(H,19,22)/t12-,13-,14+,15+,18-/m0/s1. The molecule has 0 saturated carbocycles. The van der Waals surface area contributed by atoms with E-state index in [0.29, 0.717) is 11.1 Å². The molecule has 0 unspecified atom stereocenters. The van der Waals surface area contributed by atoms with Gasteiger partial charge < -0.3 is 30.1 Å². The zero-order valence-corrected chi connectivity index (χ0v) is 15.1. The fourth-order valence-corrected chi connectivity index (χ4v) is 3.32. The van der Waals surface area contributed by atoms with E-state index < -0.39 is 55.0 Å². The minimum Gasteiger partial charge on any atom is -0.394 e. The fourth-order valence-electron chi connectivity index (χ4n) is 3.32. The van der Waals surface area contributed by atoms with Crippen molar-refractivity contribution >= 4 is 17.7 Å². The van der Waals surface area contributed by atoms with Crippen LogP contribution in [0.15, 0.2) is 24.3 Å². The summed E-state index contributed by atoms with van der Waals surface area (Å²) in [5.74, 6) is -1.34. The van der Waals surface area contributed by atoms with Gasteiger partial charge in [-0.2, -0.15) is 0 Å². The van der Waals surface area contributed by atoms with Crippen molar-refractivity contribution in [1.82, 2.24) is 10.2 Å². The van der Waals surface area contributed by atoms with E-state index in [1.54, 1.807) is 24.3 Å². The van der Waals surface area contributed by atoms with Gasteiger partial charge in [-0.15, -0.1) is 0 Å². The van der Waals surface area contributed by atoms with Crippen molar-refractivity contribution in [1.29, 1.82) is 0 Å². The molecule has 1 aromatic carbocycles. The first kappa shape index (κ1) is 20.4. The Hall–Kier alpha value is -2.37. The van der Waals surface area contributed by atoms with Crippen LogP contribution in [0.1, 0.15) is 27.6 Å². The first-order chi connectivity index (χ1) is 13.3. The smallest absolute Gasteiger partial charge is 0.261 e. The van der Waals surface area contributed by atoms with Crippen molar-refractivity contribution in [2.75, 3.05) is 19.8 Å². The number of imide groups is 1. The van der Waals surface area contributed by atoms with Crippen LogP contribution in [0.5, 0.6) is 0 Å². The number of amides is 3. The molecular weight excluding hydrogens is 372 g/mol. The van der Waals surface area contributed by atoms with E-state index in [2.05, 4.69) is 5.32 Å². The van der Waals surface area contributed by atoms with E-state index in [9.17, 15) is 29.7 Å². The SMILES string of the molecule is CC(=O)N[C@@H]1[C@@H](OCCN2C(=O)c3ccccc3C2=O)O[C@@H](CO)[C@@H](O)[C@@H]1O. The molecule has 4 N–H and O–H groups in total. The number of fused-ring (bicyclic) bond motifs is 1. The van der Waals surface area contributed by atoms with Gasteiger partial charge in [0.15, 0.2) is 6.29 Å². The number of carbonyl (C=O) groups is 3. The summed E-state index contributed by atoms with van der Waals surface area (Å²) in [6.07, 6.45) is -5.14. The maximum Gasteiger partial charge on any atom is 0.261 e. The van der Waals surface area contributed by atoms with Crippen molar-refractivity contribution < 1.29 is 39.2 Å². The summed E-state index contributed by atoms with van der Waals surface area (Å²) in [4.78, 5) is 37.1. The molecule has 5 atom stereocenters. The van der Waals surface area contributed by atoms with Crippen LogP contribution in [0.2, 0.25) is 0 Å². The Morgan fingerprint density at radius 1 is 1.18 bits per heavy atom. The first-order valence-corrected chi connectivity index (χ1v) is 8.81. The van der Waals surface area contributed by atoms with Gasteiger partial charge in [-0.1, -0.05) is 12.1 Å². The molecule has 0 aliphatic carbocycles. The molecule has 1 saturated heterocycles. The Balaban J connectivity index is 1.64. The number of ether oxygens (including phenoxy) is 2. The van der Waals surface area contributed by atoms with Gasteiger partial charge in [-0.05, 0) is 12.1 Å². The van der Waals surface area contributed by atoms with Crippen LogP contribution in [0.4, 0.5) is 0 Å². The Kier molecular flexibility index (Phi) is 6.06. The highest BCUT2D eigenvalue weighted by atomic mass is 16.7. The zero-order valence-electron chi connectivity index (χ0n) is 15.1. The first-order valence-electron chi connectivity index (χ1n) is 8.81. The van der Waals surface area contributed by atoms with Crippen LogP contribution in [0.3, 0.4) is 0 Å². The largest absolute Gasteiger partial charge is 0.394 e. The molecule has 10 nitrogen and oxygen atoms in total. The summed E-state index contributed by atoms with van der Waals surface area (Å²) < 4.78 is 11.0. The highest BCUT2D eigenvalue weighted by Gasteiger charge is 2.45. The summed E-state index contributed by atoms with van der Waals surface area (Å²) in [6.45, 7) is 0.463. The topological polar surface area (TPSA) is 146 Å². The molecule has 0 bridgehead atoms. The van der Waals surface area contributed by atoms with E-state index >= 15 is 0 Å². The third-order valence-electron chi connectivity index (χ3n) is 4.73. The minimum atomic E-state index is -1.43. The minimum absolute atomic E-state index is 0.0680. The average molecular weight is 394 g/mol. The Bertz CT molecular complexity index is 735. The predicted molar refractivity (Wildman–Crippen MR) is 93.1 cm³/mol. The van der Waals surface area contributed by atoms with Gasteiger partial charge >= 0.3 is 0 Å². The number of hydrogen-bond acceptors (Lipinski definition) is 8. The molecule has 0 radical (unpaired) electrons. The van der Waals surface area contributed by atoms with Gasteiger partial charge in [0.25, 0.3) is 11.8 Å². The third kappa shape index (κ3) is 3.77. The van der Waals surface area contributed by atoms with Crippen LogP contribution in [-0.2, 0) is 14.3 Å². The zero-order chi connectivity index (χ0) is 20.4. The molecule has 1 aromatic rings. The summed E-state index contributed by atoms with van der Waals surface area (Å²) in [6, 6.07) is 5.38. The quantitative estimate of drug-likeness (QED) is 0.415. The van der Waals surface area contributed by atoms with Gasteiger partial charge in [-0.25, -0.2) is 0 Å². The highest BCUT2D eigenvalue weighted by Crippen LogP contribution is 2.24. The summed E-state index contributed by atoms with van der Waals surface area (Å²) in [5.41, 5.74) is 0.632. The number of nitrogens with zero attached hydrogens (tertiary/aromatic N) is 1. The molecule has 152 valence electrons. The second kappa shape index (κ2) is 8.33. The number of carbonyl (C=O) groups excluding carboxylic acids is 3. The Morgan fingerprint density at radius 3 is 2.32 bits per heavy atom. The Morgan fingerprint density at radius 2 is 1.79 bits per heavy atom.